The lowest BCUT2D eigenvalue weighted by molar-refractivity contribution is 0.474. The van der Waals surface area contributed by atoms with E-state index in [0.29, 0.717) is 5.75 Å². The van der Waals surface area contributed by atoms with E-state index in [1.807, 2.05) is 17.6 Å². The Hall–Kier alpha value is -1.55. The lowest BCUT2D eigenvalue weighted by Crippen LogP contribution is -2.28. The van der Waals surface area contributed by atoms with Crippen LogP contribution in [0.1, 0.15) is 17.7 Å². The highest BCUT2D eigenvalue weighted by Gasteiger charge is 2.17. The number of rotatable bonds is 2. The third-order valence-corrected chi connectivity index (χ3v) is 3.76. The molecule has 0 radical (unpaired) electrons. The average Bonchev–Trinajstić information content (AvgIpc) is 2.83. The molecular formula is C13H14N2OS. The maximum Gasteiger partial charge on any atom is 0.117 e. The number of aryl methyl sites for hydroxylation is 1. The number of fused-ring (bicyclic) bond motifs is 1. The minimum Gasteiger partial charge on any atom is -0.508 e. The number of benzene rings is 1. The molecule has 1 aromatic carbocycles. The van der Waals surface area contributed by atoms with Gasteiger partial charge < -0.3 is 10.0 Å². The Labute approximate surface area is 104 Å². The first kappa shape index (κ1) is 10.6. The Kier molecular flexibility index (Phi) is 2.73. The van der Waals surface area contributed by atoms with Crippen LogP contribution in [-0.2, 0) is 13.0 Å². The molecule has 0 saturated carbocycles. The fourth-order valence-corrected chi connectivity index (χ4v) is 2.86. The molecule has 88 valence electrons. The number of hydrogen-bond donors (Lipinski definition) is 1. The van der Waals surface area contributed by atoms with Crippen molar-refractivity contribution in [2.45, 2.75) is 19.4 Å². The zero-order chi connectivity index (χ0) is 11.7. The van der Waals surface area contributed by atoms with Gasteiger partial charge in [0.1, 0.15) is 5.75 Å². The van der Waals surface area contributed by atoms with Gasteiger partial charge in [-0.05, 0) is 24.5 Å². The summed E-state index contributed by atoms with van der Waals surface area (Å²) in [5.41, 5.74) is 5.45. The van der Waals surface area contributed by atoms with Gasteiger partial charge in [0.25, 0.3) is 0 Å². The van der Waals surface area contributed by atoms with Gasteiger partial charge >= 0.3 is 0 Å². The van der Waals surface area contributed by atoms with Crippen LogP contribution in [-0.4, -0.2) is 16.6 Å². The van der Waals surface area contributed by atoms with Gasteiger partial charge in [0, 0.05) is 23.7 Å². The molecule has 1 aromatic heterocycles. The number of aromatic hydroxyl groups is 1. The summed E-state index contributed by atoms with van der Waals surface area (Å²) >= 11 is 1.63. The Balaban J connectivity index is 1.90. The highest BCUT2D eigenvalue weighted by Crippen LogP contribution is 2.31. The number of aromatic nitrogens is 1. The van der Waals surface area contributed by atoms with Crippen molar-refractivity contribution < 1.29 is 5.11 Å². The van der Waals surface area contributed by atoms with Crippen LogP contribution in [0.15, 0.2) is 29.1 Å². The molecule has 0 aliphatic carbocycles. The van der Waals surface area contributed by atoms with Gasteiger partial charge in [0.15, 0.2) is 0 Å². The van der Waals surface area contributed by atoms with Crippen LogP contribution in [0.5, 0.6) is 5.75 Å². The highest BCUT2D eigenvalue weighted by molar-refractivity contribution is 7.07. The van der Waals surface area contributed by atoms with E-state index in [2.05, 4.69) is 15.3 Å². The van der Waals surface area contributed by atoms with Crippen molar-refractivity contribution in [1.29, 1.82) is 0 Å². The largest absolute Gasteiger partial charge is 0.508 e. The predicted octanol–water partition coefficient (Wildman–Crippen LogP) is 2.80. The quantitative estimate of drug-likeness (QED) is 0.885. The van der Waals surface area contributed by atoms with Crippen molar-refractivity contribution in [3.05, 3.63) is 40.3 Å². The van der Waals surface area contributed by atoms with Gasteiger partial charge in [0.2, 0.25) is 0 Å². The van der Waals surface area contributed by atoms with Gasteiger partial charge in [0.05, 0.1) is 17.7 Å². The van der Waals surface area contributed by atoms with Crippen LogP contribution in [0.4, 0.5) is 5.69 Å². The molecule has 1 aliphatic rings. The fraction of sp³-hybridized carbons (Fsp3) is 0.308. The Morgan fingerprint density at radius 1 is 1.41 bits per heavy atom. The molecule has 2 aromatic rings. The minimum atomic E-state index is 0.342. The molecule has 0 fully saturated rings. The lowest BCUT2D eigenvalue weighted by atomic mass is 10.0. The third kappa shape index (κ3) is 2.13. The van der Waals surface area contributed by atoms with Gasteiger partial charge in [-0.2, -0.15) is 0 Å². The first-order chi connectivity index (χ1) is 8.33. The molecule has 0 saturated heterocycles. The molecule has 3 nitrogen and oxygen atoms in total. The van der Waals surface area contributed by atoms with Crippen LogP contribution < -0.4 is 4.90 Å². The van der Waals surface area contributed by atoms with Gasteiger partial charge in [-0.3, -0.25) is 0 Å². The van der Waals surface area contributed by atoms with Crippen LogP contribution >= 0.6 is 11.3 Å². The number of thiazole rings is 1. The van der Waals surface area contributed by atoms with Crippen molar-refractivity contribution in [2.75, 3.05) is 11.4 Å². The van der Waals surface area contributed by atoms with Gasteiger partial charge in [-0.15, -0.1) is 11.3 Å². The van der Waals surface area contributed by atoms with Gasteiger partial charge in [-0.1, -0.05) is 6.07 Å². The summed E-state index contributed by atoms with van der Waals surface area (Å²) in [6.45, 7) is 1.87. The van der Waals surface area contributed by atoms with E-state index in [1.165, 1.54) is 12.0 Å². The van der Waals surface area contributed by atoms with Crippen molar-refractivity contribution in [2.24, 2.45) is 0 Å². The molecule has 0 atom stereocenters. The number of phenolic OH excluding ortho intramolecular Hbond substituents is 1. The molecule has 1 aliphatic heterocycles. The molecule has 3 rings (SSSR count). The second-order valence-corrected chi connectivity index (χ2v) is 5.04. The first-order valence-corrected chi connectivity index (χ1v) is 6.71. The van der Waals surface area contributed by atoms with Crippen molar-refractivity contribution in [3.8, 4) is 5.75 Å². The number of nitrogens with zero attached hydrogens (tertiary/aromatic N) is 2. The summed E-state index contributed by atoms with van der Waals surface area (Å²) in [6, 6.07) is 5.66. The number of anilines is 1. The molecule has 2 heterocycles. The molecule has 0 amide bonds. The normalized spacial score (nSPS) is 14.7. The zero-order valence-electron chi connectivity index (χ0n) is 9.47. The smallest absolute Gasteiger partial charge is 0.117 e. The van der Waals surface area contributed by atoms with E-state index in [4.69, 9.17) is 0 Å². The lowest BCUT2D eigenvalue weighted by Gasteiger charge is -2.30. The Morgan fingerprint density at radius 2 is 2.35 bits per heavy atom. The summed E-state index contributed by atoms with van der Waals surface area (Å²) in [6.07, 6.45) is 2.27. The Morgan fingerprint density at radius 3 is 3.18 bits per heavy atom. The van der Waals surface area contributed by atoms with Crippen LogP contribution in [0.3, 0.4) is 0 Å². The van der Waals surface area contributed by atoms with Crippen molar-refractivity contribution in [1.82, 2.24) is 4.98 Å². The first-order valence-electron chi connectivity index (χ1n) is 5.77. The summed E-state index contributed by atoms with van der Waals surface area (Å²) in [5.74, 6) is 0.342. The summed E-state index contributed by atoms with van der Waals surface area (Å²) < 4.78 is 0. The number of phenols is 1. The molecule has 17 heavy (non-hydrogen) atoms. The van der Waals surface area contributed by atoms with Crippen molar-refractivity contribution >= 4 is 17.0 Å². The zero-order valence-corrected chi connectivity index (χ0v) is 10.3. The molecule has 0 bridgehead atoms. The molecule has 1 N–H and O–H groups in total. The van der Waals surface area contributed by atoms with E-state index < -0.39 is 0 Å². The second kappa shape index (κ2) is 4.37. The van der Waals surface area contributed by atoms with E-state index in [1.54, 1.807) is 17.4 Å². The topological polar surface area (TPSA) is 36.4 Å². The van der Waals surface area contributed by atoms with E-state index in [-0.39, 0.29) is 0 Å². The Bertz CT molecular complexity index is 510. The molecule has 0 unspecified atom stereocenters. The maximum atomic E-state index is 9.59. The van der Waals surface area contributed by atoms with E-state index >= 15 is 0 Å². The summed E-state index contributed by atoms with van der Waals surface area (Å²) in [4.78, 5) is 6.62. The fourth-order valence-electron chi connectivity index (χ4n) is 2.31. The minimum absolute atomic E-state index is 0.342. The average molecular weight is 246 g/mol. The summed E-state index contributed by atoms with van der Waals surface area (Å²) in [5, 5.41) is 11.7. The standard InChI is InChI=1S/C13H14N2OS/c16-12-4-3-10-2-1-5-15(13(10)6-12)7-11-8-17-9-14-11/h3-4,6,8-9,16H,1-2,5,7H2. The summed E-state index contributed by atoms with van der Waals surface area (Å²) in [7, 11) is 0. The van der Waals surface area contributed by atoms with Crippen molar-refractivity contribution in [3.63, 3.8) is 0 Å². The number of hydrogen-bond acceptors (Lipinski definition) is 4. The highest BCUT2D eigenvalue weighted by atomic mass is 32.1. The monoisotopic (exact) mass is 246 g/mol. The maximum absolute atomic E-state index is 9.59. The van der Waals surface area contributed by atoms with E-state index in [9.17, 15) is 5.11 Å². The molecular weight excluding hydrogens is 232 g/mol. The predicted molar refractivity (Wildman–Crippen MR) is 69.6 cm³/mol. The SMILES string of the molecule is Oc1ccc2c(c1)N(Cc1cscn1)CCC2. The van der Waals surface area contributed by atoms with Crippen LogP contribution in [0, 0.1) is 0 Å². The van der Waals surface area contributed by atoms with E-state index in [0.717, 1.165) is 30.9 Å². The third-order valence-electron chi connectivity index (χ3n) is 3.12. The van der Waals surface area contributed by atoms with Crippen LogP contribution in [0.2, 0.25) is 0 Å². The van der Waals surface area contributed by atoms with Gasteiger partial charge in [-0.25, -0.2) is 4.98 Å². The molecule has 0 spiro atoms. The molecule has 4 heteroatoms. The van der Waals surface area contributed by atoms with Crippen LogP contribution in [0.25, 0.3) is 0 Å². The second-order valence-electron chi connectivity index (χ2n) is 4.32.